The molecule has 32 heavy (non-hydrogen) atoms. The summed E-state index contributed by atoms with van der Waals surface area (Å²) in [5.41, 5.74) is 0.575. The van der Waals surface area contributed by atoms with Crippen LogP contribution in [0.3, 0.4) is 0 Å². The molecule has 6 nitrogen and oxygen atoms in total. The van der Waals surface area contributed by atoms with E-state index in [0.29, 0.717) is 35.4 Å². The van der Waals surface area contributed by atoms with Crippen molar-refractivity contribution >= 4 is 41.0 Å². The van der Waals surface area contributed by atoms with Crippen molar-refractivity contribution in [1.29, 1.82) is 0 Å². The number of anilines is 1. The smallest absolute Gasteiger partial charge is 0.321 e. The Morgan fingerprint density at radius 3 is 2.41 bits per heavy atom. The number of hydrogen-bond acceptors (Lipinski definition) is 2. The molecule has 6 rings (SSSR count). The lowest BCUT2D eigenvalue weighted by molar-refractivity contribution is -0.0135. The Bertz CT molecular complexity index is 857. The molecule has 4 saturated carbocycles. The molecule has 174 valence electrons. The van der Waals surface area contributed by atoms with Crippen molar-refractivity contribution in [2.45, 2.75) is 56.9 Å². The van der Waals surface area contributed by atoms with Gasteiger partial charge >= 0.3 is 12.1 Å². The minimum Gasteiger partial charge on any atom is -0.338 e. The largest absolute Gasteiger partial charge is 0.338 e. The van der Waals surface area contributed by atoms with Crippen LogP contribution in [-0.2, 0) is 0 Å². The molecule has 0 radical (unpaired) electrons. The first-order chi connectivity index (χ1) is 15.4. The van der Waals surface area contributed by atoms with Gasteiger partial charge in [0.1, 0.15) is 0 Å². The van der Waals surface area contributed by atoms with Gasteiger partial charge in [-0.1, -0.05) is 23.2 Å². The molecule has 1 unspecified atom stereocenters. The number of urea groups is 2. The fourth-order valence-corrected chi connectivity index (χ4v) is 7.44. The fourth-order valence-electron chi connectivity index (χ4n) is 6.99. The van der Waals surface area contributed by atoms with Crippen molar-refractivity contribution in [3.05, 3.63) is 28.2 Å². The number of carbonyl (C=O) groups excluding carboxylic acids is 2. The van der Waals surface area contributed by atoms with E-state index in [-0.39, 0.29) is 23.5 Å². The van der Waals surface area contributed by atoms with Crippen molar-refractivity contribution in [2.75, 3.05) is 25.0 Å². The summed E-state index contributed by atoms with van der Waals surface area (Å²) < 4.78 is 0. The quantitative estimate of drug-likeness (QED) is 0.533. The van der Waals surface area contributed by atoms with E-state index in [2.05, 4.69) is 16.0 Å². The van der Waals surface area contributed by atoms with E-state index in [1.165, 1.54) is 19.3 Å². The van der Waals surface area contributed by atoms with Gasteiger partial charge in [0.05, 0.1) is 10.7 Å². The predicted octanol–water partition coefficient (Wildman–Crippen LogP) is 5.51. The minimum absolute atomic E-state index is 0.0230. The van der Waals surface area contributed by atoms with Crippen molar-refractivity contribution in [2.24, 2.45) is 23.7 Å². The van der Waals surface area contributed by atoms with Gasteiger partial charge < -0.3 is 20.9 Å². The summed E-state index contributed by atoms with van der Waals surface area (Å²) in [6.07, 6.45) is 9.47. The van der Waals surface area contributed by atoms with E-state index in [9.17, 15) is 9.59 Å². The molecule has 1 saturated heterocycles. The SMILES string of the molecule is O=C(NCC1CCCN(C(=O)Nc2ccc(Cl)cc2Cl)C1)NC12CC3CC(CC(C3)C1)C2. The number of hydrogen-bond donors (Lipinski definition) is 3. The van der Waals surface area contributed by atoms with Gasteiger partial charge in [0.15, 0.2) is 0 Å². The fraction of sp³-hybridized carbons (Fsp3) is 0.667. The second-order valence-corrected chi connectivity index (χ2v) is 11.4. The summed E-state index contributed by atoms with van der Waals surface area (Å²) in [4.78, 5) is 27.3. The van der Waals surface area contributed by atoms with Crippen LogP contribution in [0.5, 0.6) is 0 Å². The van der Waals surface area contributed by atoms with Crippen LogP contribution >= 0.6 is 23.2 Å². The maximum atomic E-state index is 12.8. The highest BCUT2D eigenvalue weighted by Crippen LogP contribution is 2.55. The van der Waals surface area contributed by atoms with Gasteiger partial charge in [0, 0.05) is 30.2 Å². The standard InChI is InChI=1S/C24H32Cl2N4O2/c25-19-3-4-21(20(26)9-19)28-23(32)30-5-1-2-15(14-30)13-27-22(31)29-24-10-16-6-17(11-24)8-18(7-16)12-24/h3-4,9,15-18H,1-2,5-8,10-14H2,(H,28,32)(H2,27,29,31). The Morgan fingerprint density at radius 2 is 1.75 bits per heavy atom. The maximum Gasteiger partial charge on any atom is 0.321 e. The first-order valence-corrected chi connectivity index (χ1v) is 12.7. The average molecular weight is 479 g/mol. The number of carbonyl (C=O) groups is 2. The molecular weight excluding hydrogens is 447 g/mol. The van der Waals surface area contributed by atoms with Crippen LogP contribution in [0.1, 0.15) is 51.4 Å². The second-order valence-electron chi connectivity index (χ2n) is 10.5. The molecule has 0 aromatic heterocycles. The van der Waals surface area contributed by atoms with Gasteiger partial charge in [-0.15, -0.1) is 0 Å². The highest BCUT2D eigenvalue weighted by atomic mass is 35.5. The summed E-state index contributed by atoms with van der Waals surface area (Å²) in [5.74, 6) is 2.67. The highest BCUT2D eigenvalue weighted by Gasteiger charge is 2.51. The highest BCUT2D eigenvalue weighted by molar-refractivity contribution is 6.36. The van der Waals surface area contributed by atoms with Gasteiger partial charge in [0.25, 0.3) is 0 Å². The van der Waals surface area contributed by atoms with Crippen molar-refractivity contribution in [3.8, 4) is 0 Å². The van der Waals surface area contributed by atoms with Crippen LogP contribution < -0.4 is 16.0 Å². The van der Waals surface area contributed by atoms with Crippen LogP contribution in [-0.4, -0.2) is 42.1 Å². The van der Waals surface area contributed by atoms with Gasteiger partial charge in [0.2, 0.25) is 0 Å². The van der Waals surface area contributed by atoms with E-state index >= 15 is 0 Å². The van der Waals surface area contributed by atoms with Gasteiger partial charge in [-0.25, -0.2) is 9.59 Å². The molecular formula is C24H32Cl2N4O2. The van der Waals surface area contributed by atoms with Crippen LogP contribution in [0.25, 0.3) is 0 Å². The predicted molar refractivity (Wildman–Crippen MR) is 127 cm³/mol. The molecule has 5 fully saturated rings. The molecule has 4 bridgehead atoms. The average Bonchev–Trinajstić information content (AvgIpc) is 2.73. The third kappa shape index (κ3) is 4.81. The van der Waals surface area contributed by atoms with Crippen molar-refractivity contribution in [3.63, 3.8) is 0 Å². The first kappa shape index (κ1) is 22.1. The number of nitrogens with zero attached hydrogens (tertiary/aromatic N) is 1. The zero-order chi connectivity index (χ0) is 22.3. The summed E-state index contributed by atoms with van der Waals surface area (Å²) in [7, 11) is 0. The zero-order valence-electron chi connectivity index (χ0n) is 18.3. The van der Waals surface area contributed by atoms with E-state index in [4.69, 9.17) is 23.2 Å². The topological polar surface area (TPSA) is 73.5 Å². The summed E-state index contributed by atoms with van der Waals surface area (Å²) in [5, 5.41) is 10.3. The lowest BCUT2D eigenvalue weighted by Crippen LogP contribution is -2.61. The molecule has 8 heteroatoms. The molecule has 1 aromatic rings. The number of piperidine rings is 1. The molecule has 3 N–H and O–H groups in total. The van der Waals surface area contributed by atoms with Crippen LogP contribution in [0, 0.1) is 23.7 Å². The van der Waals surface area contributed by atoms with Crippen molar-refractivity contribution in [1.82, 2.24) is 15.5 Å². The van der Waals surface area contributed by atoms with Crippen LogP contribution in [0.4, 0.5) is 15.3 Å². The van der Waals surface area contributed by atoms with Crippen LogP contribution in [0.15, 0.2) is 18.2 Å². The summed E-state index contributed by atoms with van der Waals surface area (Å²) in [6, 6.07) is 4.82. The third-order valence-electron chi connectivity index (χ3n) is 7.95. The van der Waals surface area contributed by atoms with E-state index in [0.717, 1.165) is 49.9 Å². The monoisotopic (exact) mass is 478 g/mol. The van der Waals surface area contributed by atoms with E-state index < -0.39 is 0 Å². The van der Waals surface area contributed by atoms with Gasteiger partial charge in [-0.3, -0.25) is 0 Å². The zero-order valence-corrected chi connectivity index (χ0v) is 19.9. The summed E-state index contributed by atoms with van der Waals surface area (Å²) >= 11 is 12.1. The molecule has 4 amide bonds. The molecule has 1 aliphatic heterocycles. The normalized spacial score (nSPS) is 33.1. The number of benzene rings is 1. The third-order valence-corrected chi connectivity index (χ3v) is 8.49. The molecule has 1 aromatic carbocycles. The van der Waals surface area contributed by atoms with Gasteiger partial charge in [-0.05, 0) is 93.2 Å². The lowest BCUT2D eigenvalue weighted by atomic mass is 9.53. The molecule has 1 atom stereocenters. The Hall–Kier alpha value is -1.66. The number of nitrogens with one attached hydrogen (secondary N) is 3. The second kappa shape index (κ2) is 8.94. The Balaban J connectivity index is 1.10. The molecule has 1 heterocycles. The Morgan fingerprint density at radius 1 is 1.06 bits per heavy atom. The minimum atomic E-state index is -0.169. The lowest BCUT2D eigenvalue weighted by Gasteiger charge is -2.56. The molecule has 4 aliphatic carbocycles. The van der Waals surface area contributed by atoms with E-state index in [1.807, 2.05) is 0 Å². The van der Waals surface area contributed by atoms with Crippen LogP contribution in [0.2, 0.25) is 10.0 Å². The Labute approximate surface area is 199 Å². The van der Waals surface area contributed by atoms with Gasteiger partial charge in [-0.2, -0.15) is 0 Å². The first-order valence-electron chi connectivity index (χ1n) is 11.9. The molecule has 0 spiro atoms. The number of halogens is 2. The number of rotatable bonds is 4. The molecule has 5 aliphatic rings. The summed E-state index contributed by atoms with van der Waals surface area (Å²) in [6.45, 7) is 1.91. The number of likely N-dealkylation sites (tertiary alicyclic amines) is 1. The number of amides is 4. The van der Waals surface area contributed by atoms with E-state index in [1.54, 1.807) is 23.1 Å². The Kier molecular flexibility index (Phi) is 6.19. The maximum absolute atomic E-state index is 12.8. The van der Waals surface area contributed by atoms with Crippen molar-refractivity contribution < 1.29 is 9.59 Å².